The van der Waals surface area contributed by atoms with Gasteiger partial charge in [-0.3, -0.25) is 4.79 Å². The molecule has 2 aliphatic rings. The number of sulfonamides is 1. The summed E-state index contributed by atoms with van der Waals surface area (Å²) in [5, 5.41) is 8.68. The van der Waals surface area contributed by atoms with Crippen LogP contribution in [0.3, 0.4) is 0 Å². The zero-order chi connectivity index (χ0) is 14.8. The van der Waals surface area contributed by atoms with Crippen molar-refractivity contribution in [1.82, 2.24) is 4.72 Å². The van der Waals surface area contributed by atoms with E-state index in [4.69, 9.17) is 5.11 Å². The molecule has 2 fully saturated rings. The highest BCUT2D eigenvalue weighted by molar-refractivity contribution is 7.89. The topological polar surface area (TPSA) is 83.5 Å². The van der Waals surface area contributed by atoms with E-state index in [1.54, 1.807) is 0 Å². The van der Waals surface area contributed by atoms with Gasteiger partial charge in [-0.25, -0.2) is 13.1 Å². The fourth-order valence-corrected chi connectivity index (χ4v) is 5.54. The van der Waals surface area contributed by atoms with Crippen molar-refractivity contribution in [2.45, 2.75) is 64.3 Å². The van der Waals surface area contributed by atoms with E-state index in [1.807, 2.05) is 0 Å². The first kappa shape index (κ1) is 15.8. The first-order valence-electron chi connectivity index (χ1n) is 7.50. The minimum Gasteiger partial charge on any atom is -0.481 e. The maximum absolute atomic E-state index is 12.2. The normalized spacial score (nSPS) is 29.6. The van der Waals surface area contributed by atoms with Crippen LogP contribution in [0.25, 0.3) is 0 Å². The van der Waals surface area contributed by atoms with Gasteiger partial charge in [0.1, 0.15) is 0 Å². The zero-order valence-corrected chi connectivity index (χ0v) is 12.9. The molecule has 0 radical (unpaired) electrons. The van der Waals surface area contributed by atoms with Crippen LogP contribution in [0.4, 0.5) is 0 Å². The molecule has 0 saturated heterocycles. The van der Waals surface area contributed by atoms with Crippen LogP contribution < -0.4 is 4.72 Å². The fourth-order valence-electron chi connectivity index (χ4n) is 3.55. The highest BCUT2D eigenvalue weighted by atomic mass is 32.2. The van der Waals surface area contributed by atoms with Crippen molar-refractivity contribution < 1.29 is 18.3 Å². The molecular weight excluding hydrogens is 278 g/mol. The van der Waals surface area contributed by atoms with Crippen LogP contribution in [-0.2, 0) is 14.8 Å². The molecule has 0 aromatic heterocycles. The lowest BCUT2D eigenvalue weighted by Crippen LogP contribution is -2.47. The van der Waals surface area contributed by atoms with Crippen molar-refractivity contribution >= 4 is 16.0 Å². The van der Waals surface area contributed by atoms with Crippen LogP contribution in [0.1, 0.15) is 58.3 Å². The van der Waals surface area contributed by atoms with E-state index in [2.05, 4.69) is 11.6 Å². The molecule has 2 rings (SSSR count). The number of carboxylic acids is 1. The maximum Gasteiger partial charge on any atom is 0.303 e. The third-order valence-corrected chi connectivity index (χ3v) is 6.41. The number of aliphatic carboxylic acids is 1. The molecule has 0 amide bonds. The highest BCUT2D eigenvalue weighted by Gasteiger charge is 2.37. The van der Waals surface area contributed by atoms with Crippen LogP contribution >= 0.6 is 0 Å². The van der Waals surface area contributed by atoms with Gasteiger partial charge in [0.05, 0.1) is 5.75 Å². The molecule has 2 saturated carbocycles. The molecule has 0 aromatic rings. The van der Waals surface area contributed by atoms with Crippen molar-refractivity contribution in [2.75, 3.05) is 5.75 Å². The summed E-state index contributed by atoms with van der Waals surface area (Å²) in [5.41, 5.74) is -0.0890. The van der Waals surface area contributed by atoms with Gasteiger partial charge < -0.3 is 5.11 Å². The van der Waals surface area contributed by atoms with Crippen molar-refractivity contribution in [3.8, 4) is 0 Å². The van der Waals surface area contributed by atoms with Crippen molar-refractivity contribution in [1.29, 1.82) is 0 Å². The highest BCUT2D eigenvalue weighted by Crippen LogP contribution is 2.37. The summed E-state index contributed by atoms with van der Waals surface area (Å²) in [6.45, 7) is 2.07. The van der Waals surface area contributed by atoms with Crippen LogP contribution in [0.15, 0.2) is 0 Å². The summed E-state index contributed by atoms with van der Waals surface area (Å²) < 4.78 is 27.2. The second kappa shape index (κ2) is 6.02. The first-order valence-corrected chi connectivity index (χ1v) is 9.15. The summed E-state index contributed by atoms with van der Waals surface area (Å²) in [7, 11) is -3.25. The molecule has 2 N–H and O–H groups in total. The van der Waals surface area contributed by atoms with Gasteiger partial charge >= 0.3 is 5.97 Å². The standard InChI is InChI=1S/C14H25NO4S/c1-14(5-3-2-4-6-14)10-20(18,19)15-12-7-11(8-12)9-13(16)17/h11-12,15H,2-10H2,1H3,(H,16,17). The lowest BCUT2D eigenvalue weighted by Gasteiger charge is -2.37. The van der Waals surface area contributed by atoms with Crippen LogP contribution in [-0.4, -0.2) is 31.3 Å². The average molecular weight is 303 g/mol. The Balaban J connectivity index is 1.79. The molecule has 0 aliphatic heterocycles. The Bertz CT molecular complexity index is 448. The molecule has 0 atom stereocenters. The predicted octanol–water partition coefficient (Wildman–Crippen LogP) is 2.13. The Morgan fingerprint density at radius 1 is 1.25 bits per heavy atom. The van der Waals surface area contributed by atoms with E-state index in [-0.39, 0.29) is 29.5 Å². The van der Waals surface area contributed by atoms with Gasteiger partial charge in [0.2, 0.25) is 10.0 Å². The molecule has 6 heteroatoms. The lowest BCUT2D eigenvalue weighted by molar-refractivity contribution is -0.138. The third-order valence-electron chi connectivity index (χ3n) is 4.64. The smallest absolute Gasteiger partial charge is 0.303 e. The number of nitrogens with one attached hydrogen (secondary N) is 1. The zero-order valence-electron chi connectivity index (χ0n) is 12.1. The minimum absolute atomic E-state index is 0.0588. The van der Waals surface area contributed by atoms with Gasteiger partial charge in [-0.15, -0.1) is 0 Å². The second-order valence-corrected chi connectivity index (χ2v) is 8.63. The van der Waals surface area contributed by atoms with Gasteiger partial charge in [0.15, 0.2) is 0 Å². The Morgan fingerprint density at radius 2 is 1.85 bits per heavy atom. The van der Waals surface area contributed by atoms with E-state index >= 15 is 0 Å². The van der Waals surface area contributed by atoms with Crippen molar-refractivity contribution in [2.24, 2.45) is 11.3 Å². The SMILES string of the molecule is CC1(CS(=O)(=O)NC2CC(CC(=O)O)C2)CCCCC1. The summed E-state index contributed by atoms with van der Waals surface area (Å²) >= 11 is 0. The Hall–Kier alpha value is -0.620. The Labute approximate surface area is 121 Å². The molecule has 20 heavy (non-hydrogen) atoms. The molecular formula is C14H25NO4S. The molecule has 0 aromatic carbocycles. The largest absolute Gasteiger partial charge is 0.481 e. The van der Waals surface area contributed by atoms with E-state index < -0.39 is 16.0 Å². The third kappa shape index (κ3) is 4.45. The molecule has 0 heterocycles. The quantitative estimate of drug-likeness (QED) is 0.787. The molecule has 116 valence electrons. The van der Waals surface area contributed by atoms with E-state index in [0.29, 0.717) is 12.8 Å². The number of carboxylic acid groups (broad SMARTS) is 1. The predicted molar refractivity (Wildman–Crippen MR) is 76.9 cm³/mol. The van der Waals surface area contributed by atoms with Crippen LogP contribution in [0.5, 0.6) is 0 Å². The Morgan fingerprint density at radius 3 is 2.40 bits per heavy atom. The summed E-state index contributed by atoms with van der Waals surface area (Å²) in [5.74, 6) is -0.461. The van der Waals surface area contributed by atoms with Crippen molar-refractivity contribution in [3.63, 3.8) is 0 Å². The van der Waals surface area contributed by atoms with Gasteiger partial charge in [-0.1, -0.05) is 26.2 Å². The lowest BCUT2D eigenvalue weighted by atomic mass is 9.77. The molecule has 0 bridgehead atoms. The van der Waals surface area contributed by atoms with Gasteiger partial charge in [-0.2, -0.15) is 0 Å². The second-order valence-electron chi connectivity index (χ2n) is 6.88. The number of rotatable bonds is 6. The van der Waals surface area contributed by atoms with Crippen LogP contribution in [0.2, 0.25) is 0 Å². The molecule has 2 aliphatic carbocycles. The molecule has 5 nitrogen and oxygen atoms in total. The molecule has 0 unspecified atom stereocenters. The van der Waals surface area contributed by atoms with E-state index in [1.165, 1.54) is 6.42 Å². The number of hydrogen-bond acceptors (Lipinski definition) is 3. The monoisotopic (exact) mass is 303 g/mol. The van der Waals surface area contributed by atoms with Gasteiger partial charge in [0, 0.05) is 12.5 Å². The van der Waals surface area contributed by atoms with E-state index in [0.717, 1.165) is 25.7 Å². The van der Waals surface area contributed by atoms with Crippen molar-refractivity contribution in [3.05, 3.63) is 0 Å². The Kier molecular flexibility index (Phi) is 4.74. The summed E-state index contributed by atoms with van der Waals surface area (Å²) in [6, 6.07) is -0.0588. The molecule has 0 spiro atoms. The summed E-state index contributed by atoms with van der Waals surface area (Å²) in [4.78, 5) is 10.6. The fraction of sp³-hybridized carbons (Fsp3) is 0.929. The van der Waals surface area contributed by atoms with E-state index in [9.17, 15) is 13.2 Å². The van der Waals surface area contributed by atoms with Crippen LogP contribution in [0, 0.1) is 11.3 Å². The summed E-state index contributed by atoms with van der Waals surface area (Å²) in [6.07, 6.45) is 6.88. The van der Waals surface area contributed by atoms with Gasteiger partial charge in [-0.05, 0) is 37.0 Å². The average Bonchev–Trinajstić information content (AvgIpc) is 2.24. The number of carbonyl (C=O) groups is 1. The maximum atomic E-state index is 12.2. The van der Waals surface area contributed by atoms with Gasteiger partial charge in [0.25, 0.3) is 0 Å². The number of hydrogen-bond donors (Lipinski definition) is 2. The first-order chi connectivity index (χ1) is 9.28. The minimum atomic E-state index is -3.25.